The van der Waals surface area contributed by atoms with E-state index in [0.29, 0.717) is 11.7 Å². The van der Waals surface area contributed by atoms with E-state index in [2.05, 4.69) is 24.0 Å². The summed E-state index contributed by atoms with van der Waals surface area (Å²) >= 11 is 0. The summed E-state index contributed by atoms with van der Waals surface area (Å²) in [6.07, 6.45) is 2.91. The SMILES string of the molecule is CC1CCN(c2c3c(oc(=O)c2C#N)-c2ccccc2C3)CC1. The summed E-state index contributed by atoms with van der Waals surface area (Å²) in [6, 6.07) is 10.1. The quantitative estimate of drug-likeness (QED) is 0.692. The van der Waals surface area contributed by atoms with Crippen LogP contribution in [0.5, 0.6) is 0 Å². The minimum atomic E-state index is -0.517. The predicted molar refractivity (Wildman–Crippen MR) is 88.5 cm³/mol. The Labute approximate surface area is 135 Å². The number of anilines is 1. The molecule has 2 heterocycles. The van der Waals surface area contributed by atoms with Crippen molar-refractivity contribution in [2.45, 2.75) is 26.2 Å². The summed E-state index contributed by atoms with van der Waals surface area (Å²) in [5, 5.41) is 9.49. The Morgan fingerprint density at radius 1 is 1.26 bits per heavy atom. The third-order valence-corrected chi connectivity index (χ3v) is 5.04. The van der Waals surface area contributed by atoms with Crippen LogP contribution in [0.4, 0.5) is 5.69 Å². The van der Waals surface area contributed by atoms with Crippen LogP contribution < -0.4 is 10.5 Å². The second kappa shape index (κ2) is 5.27. The number of hydrogen-bond donors (Lipinski definition) is 0. The van der Waals surface area contributed by atoms with E-state index < -0.39 is 5.63 Å². The summed E-state index contributed by atoms with van der Waals surface area (Å²) in [6.45, 7) is 4.03. The molecule has 1 aromatic carbocycles. The Balaban J connectivity index is 1.91. The van der Waals surface area contributed by atoms with Gasteiger partial charge < -0.3 is 9.32 Å². The molecule has 1 saturated heterocycles. The highest BCUT2D eigenvalue weighted by Gasteiger charge is 2.31. The van der Waals surface area contributed by atoms with Crippen molar-refractivity contribution in [2.24, 2.45) is 5.92 Å². The number of hydrogen-bond acceptors (Lipinski definition) is 4. The van der Waals surface area contributed by atoms with Crippen molar-refractivity contribution in [3.05, 3.63) is 51.4 Å². The maximum Gasteiger partial charge on any atom is 0.356 e. The van der Waals surface area contributed by atoms with Gasteiger partial charge in [-0.1, -0.05) is 31.2 Å². The van der Waals surface area contributed by atoms with Gasteiger partial charge in [0.25, 0.3) is 0 Å². The first-order valence-electron chi connectivity index (χ1n) is 8.12. The molecule has 1 aromatic heterocycles. The molecule has 0 unspecified atom stereocenters. The summed E-state index contributed by atoms with van der Waals surface area (Å²) in [5.41, 5.74) is 3.59. The Morgan fingerprint density at radius 3 is 2.74 bits per heavy atom. The number of nitriles is 1. The smallest absolute Gasteiger partial charge is 0.356 e. The van der Waals surface area contributed by atoms with Crippen LogP contribution in [0.15, 0.2) is 33.5 Å². The highest BCUT2D eigenvalue weighted by Crippen LogP contribution is 2.42. The fraction of sp³-hybridized carbons (Fsp3) is 0.368. The van der Waals surface area contributed by atoms with E-state index in [1.54, 1.807) is 0 Å². The molecule has 1 aliphatic heterocycles. The van der Waals surface area contributed by atoms with Gasteiger partial charge in [0.05, 0.1) is 5.69 Å². The molecule has 1 aliphatic carbocycles. The van der Waals surface area contributed by atoms with Gasteiger partial charge in [-0.15, -0.1) is 0 Å². The molecule has 23 heavy (non-hydrogen) atoms. The average molecular weight is 306 g/mol. The van der Waals surface area contributed by atoms with Crippen molar-refractivity contribution in [1.29, 1.82) is 5.26 Å². The summed E-state index contributed by atoms with van der Waals surface area (Å²) in [5.74, 6) is 1.35. The van der Waals surface area contributed by atoms with Gasteiger partial charge in [0.2, 0.25) is 0 Å². The van der Waals surface area contributed by atoms with E-state index in [9.17, 15) is 10.1 Å². The number of rotatable bonds is 1. The molecule has 4 rings (SSSR count). The third-order valence-electron chi connectivity index (χ3n) is 5.04. The maximum absolute atomic E-state index is 12.3. The first kappa shape index (κ1) is 14.1. The molecule has 1 fully saturated rings. The van der Waals surface area contributed by atoms with Gasteiger partial charge in [0, 0.05) is 30.6 Å². The summed E-state index contributed by atoms with van der Waals surface area (Å²) in [7, 11) is 0. The van der Waals surface area contributed by atoms with E-state index in [-0.39, 0.29) is 5.56 Å². The van der Waals surface area contributed by atoms with E-state index >= 15 is 0 Å². The van der Waals surface area contributed by atoms with Gasteiger partial charge in [-0.25, -0.2) is 4.79 Å². The van der Waals surface area contributed by atoms with Gasteiger partial charge in [-0.3, -0.25) is 0 Å². The minimum Gasteiger partial charge on any atom is -0.421 e. The number of benzene rings is 1. The lowest BCUT2D eigenvalue weighted by molar-refractivity contribution is 0.436. The topological polar surface area (TPSA) is 57.2 Å². The molecule has 4 nitrogen and oxygen atoms in total. The van der Waals surface area contributed by atoms with Crippen LogP contribution in [-0.2, 0) is 6.42 Å². The van der Waals surface area contributed by atoms with Gasteiger partial charge in [-0.05, 0) is 24.3 Å². The van der Waals surface area contributed by atoms with Crippen molar-refractivity contribution < 1.29 is 4.42 Å². The molecule has 0 atom stereocenters. The molecule has 0 saturated carbocycles. The average Bonchev–Trinajstić information content (AvgIpc) is 2.93. The van der Waals surface area contributed by atoms with E-state index in [4.69, 9.17) is 4.42 Å². The predicted octanol–water partition coefficient (Wildman–Crippen LogP) is 3.32. The maximum atomic E-state index is 12.3. The zero-order chi connectivity index (χ0) is 16.0. The van der Waals surface area contributed by atoms with Crippen LogP contribution in [0.3, 0.4) is 0 Å². The molecule has 0 radical (unpaired) electrons. The Morgan fingerprint density at radius 2 is 2.00 bits per heavy atom. The van der Waals surface area contributed by atoms with E-state index in [1.165, 1.54) is 0 Å². The molecule has 0 bridgehead atoms. The molecule has 4 heteroatoms. The lowest BCUT2D eigenvalue weighted by Gasteiger charge is -2.33. The highest BCUT2D eigenvalue weighted by molar-refractivity contribution is 5.80. The molecule has 2 aromatic rings. The molecule has 0 amide bonds. The zero-order valence-corrected chi connectivity index (χ0v) is 13.1. The molecular weight excluding hydrogens is 288 g/mol. The van der Waals surface area contributed by atoms with Crippen LogP contribution in [0.1, 0.15) is 36.5 Å². The molecule has 116 valence electrons. The third kappa shape index (κ3) is 2.16. The molecule has 0 spiro atoms. The highest BCUT2D eigenvalue weighted by atomic mass is 16.4. The fourth-order valence-electron chi connectivity index (χ4n) is 3.71. The second-order valence-electron chi connectivity index (χ2n) is 6.54. The van der Waals surface area contributed by atoms with Crippen LogP contribution >= 0.6 is 0 Å². The first-order valence-corrected chi connectivity index (χ1v) is 8.12. The summed E-state index contributed by atoms with van der Waals surface area (Å²) in [4.78, 5) is 14.5. The van der Waals surface area contributed by atoms with Gasteiger partial charge in [0.15, 0.2) is 5.56 Å². The lowest BCUT2D eigenvalue weighted by atomic mass is 9.97. The van der Waals surface area contributed by atoms with Crippen LogP contribution in [0, 0.1) is 17.2 Å². The van der Waals surface area contributed by atoms with Crippen LogP contribution in [0.25, 0.3) is 11.3 Å². The minimum absolute atomic E-state index is 0.158. The Kier molecular flexibility index (Phi) is 3.23. The van der Waals surface area contributed by atoms with Gasteiger partial charge >= 0.3 is 5.63 Å². The van der Waals surface area contributed by atoms with Gasteiger partial charge in [0.1, 0.15) is 11.8 Å². The second-order valence-corrected chi connectivity index (χ2v) is 6.54. The largest absolute Gasteiger partial charge is 0.421 e. The van der Waals surface area contributed by atoms with Crippen molar-refractivity contribution in [1.82, 2.24) is 0 Å². The lowest BCUT2D eigenvalue weighted by Crippen LogP contribution is -2.35. The van der Waals surface area contributed by atoms with Crippen molar-refractivity contribution in [3.63, 3.8) is 0 Å². The van der Waals surface area contributed by atoms with Crippen molar-refractivity contribution in [3.8, 4) is 17.4 Å². The number of piperidine rings is 1. The monoisotopic (exact) mass is 306 g/mol. The van der Waals surface area contributed by atoms with Crippen LogP contribution in [0.2, 0.25) is 0 Å². The van der Waals surface area contributed by atoms with Crippen molar-refractivity contribution >= 4 is 5.69 Å². The Bertz CT molecular complexity index is 868. The number of nitrogens with zero attached hydrogens (tertiary/aromatic N) is 2. The standard InChI is InChI=1S/C19H18N2O2/c1-12-6-8-21(9-7-12)17-15-10-13-4-2-3-5-14(13)18(15)23-19(22)16(17)11-20/h2-5,12H,6-10H2,1H3. The van der Waals surface area contributed by atoms with Crippen LogP contribution in [-0.4, -0.2) is 13.1 Å². The molecular formula is C19H18N2O2. The Hall–Kier alpha value is -2.54. The van der Waals surface area contributed by atoms with E-state index in [1.807, 2.05) is 18.2 Å². The summed E-state index contributed by atoms with van der Waals surface area (Å²) < 4.78 is 5.52. The fourth-order valence-corrected chi connectivity index (χ4v) is 3.71. The first-order chi connectivity index (χ1) is 11.2. The molecule has 0 N–H and O–H groups in total. The molecule has 2 aliphatic rings. The van der Waals surface area contributed by atoms with E-state index in [0.717, 1.165) is 54.7 Å². The normalized spacial score (nSPS) is 16.8. The van der Waals surface area contributed by atoms with Crippen molar-refractivity contribution in [2.75, 3.05) is 18.0 Å². The zero-order valence-electron chi connectivity index (χ0n) is 13.1. The van der Waals surface area contributed by atoms with Gasteiger partial charge in [-0.2, -0.15) is 5.26 Å². The number of fused-ring (bicyclic) bond motifs is 3.